The van der Waals surface area contributed by atoms with Gasteiger partial charge in [0.15, 0.2) is 0 Å². The van der Waals surface area contributed by atoms with Crippen molar-refractivity contribution < 1.29 is 18.7 Å². The second-order valence-corrected chi connectivity index (χ2v) is 4.31. The van der Waals surface area contributed by atoms with Crippen LogP contribution in [-0.2, 0) is 9.53 Å². The van der Waals surface area contributed by atoms with E-state index < -0.39 is 23.1 Å². The quantitative estimate of drug-likeness (QED) is 0.275. The zero-order valence-electron chi connectivity index (χ0n) is 8.22. The van der Waals surface area contributed by atoms with E-state index in [2.05, 4.69) is 4.74 Å². The van der Waals surface area contributed by atoms with Crippen molar-refractivity contribution in [2.45, 2.75) is 6.92 Å². The van der Waals surface area contributed by atoms with Crippen LogP contribution in [0.25, 0.3) is 0 Å². The maximum Gasteiger partial charge on any atom is 0.379 e. The van der Waals surface area contributed by atoms with Crippen LogP contribution in [0.2, 0.25) is 5.02 Å². The fourth-order valence-electron chi connectivity index (χ4n) is 1.03. The molecule has 86 valence electrons. The van der Waals surface area contributed by atoms with Gasteiger partial charge in [-0.1, -0.05) is 11.6 Å². The molecule has 1 aromatic rings. The SMILES string of the molecule is CCOC(=O)C(=O)c1c(F)ccc(I)c1Cl. The first-order valence-electron chi connectivity index (χ1n) is 4.34. The molecular formula is C10H7ClFIO3. The minimum absolute atomic E-state index is 0.0493. The predicted octanol–water partition coefficient (Wildman–Crippen LogP) is 2.83. The summed E-state index contributed by atoms with van der Waals surface area (Å²) in [4.78, 5) is 22.7. The number of halogens is 3. The molecule has 0 bridgehead atoms. The van der Waals surface area contributed by atoms with E-state index in [1.54, 1.807) is 6.92 Å². The predicted molar refractivity (Wildman–Crippen MR) is 65.1 cm³/mol. The lowest BCUT2D eigenvalue weighted by Crippen LogP contribution is -2.19. The van der Waals surface area contributed by atoms with Gasteiger partial charge in [0.1, 0.15) is 5.82 Å². The van der Waals surface area contributed by atoms with E-state index in [9.17, 15) is 14.0 Å². The van der Waals surface area contributed by atoms with Crippen LogP contribution >= 0.6 is 34.2 Å². The van der Waals surface area contributed by atoms with Crippen molar-refractivity contribution in [1.82, 2.24) is 0 Å². The smallest absolute Gasteiger partial charge is 0.379 e. The monoisotopic (exact) mass is 356 g/mol. The molecule has 1 rings (SSSR count). The Bertz CT molecular complexity index is 448. The third-order valence-corrected chi connectivity index (χ3v) is 3.34. The Morgan fingerprint density at radius 1 is 1.50 bits per heavy atom. The number of ketones is 1. The molecule has 0 aliphatic carbocycles. The molecule has 0 N–H and O–H groups in total. The van der Waals surface area contributed by atoms with E-state index in [-0.39, 0.29) is 11.6 Å². The molecule has 0 saturated carbocycles. The van der Waals surface area contributed by atoms with E-state index in [4.69, 9.17) is 11.6 Å². The van der Waals surface area contributed by atoms with Crippen LogP contribution in [0.4, 0.5) is 4.39 Å². The summed E-state index contributed by atoms with van der Waals surface area (Å²) in [6, 6.07) is 2.50. The molecule has 0 aliphatic rings. The number of hydrogen-bond acceptors (Lipinski definition) is 3. The van der Waals surface area contributed by atoms with Gasteiger partial charge in [-0.2, -0.15) is 0 Å². The van der Waals surface area contributed by atoms with Crippen LogP contribution in [0.15, 0.2) is 12.1 Å². The molecule has 0 atom stereocenters. The molecule has 0 unspecified atom stereocenters. The molecule has 0 radical (unpaired) electrons. The largest absolute Gasteiger partial charge is 0.460 e. The Morgan fingerprint density at radius 3 is 2.69 bits per heavy atom. The second kappa shape index (κ2) is 5.58. The van der Waals surface area contributed by atoms with Crippen LogP contribution < -0.4 is 0 Å². The first kappa shape index (κ1) is 13.4. The highest BCUT2D eigenvalue weighted by molar-refractivity contribution is 14.1. The average Bonchev–Trinajstić information content (AvgIpc) is 2.24. The van der Waals surface area contributed by atoms with Crippen molar-refractivity contribution in [3.63, 3.8) is 0 Å². The Balaban J connectivity index is 3.18. The summed E-state index contributed by atoms with van der Waals surface area (Å²) < 4.78 is 18.4. The second-order valence-electron chi connectivity index (χ2n) is 2.77. The van der Waals surface area contributed by atoms with Crippen LogP contribution in [0, 0.1) is 9.39 Å². The molecule has 0 amide bonds. The third-order valence-electron chi connectivity index (χ3n) is 1.73. The van der Waals surface area contributed by atoms with Gasteiger partial charge in [0.05, 0.1) is 17.2 Å². The highest BCUT2D eigenvalue weighted by Gasteiger charge is 2.25. The van der Waals surface area contributed by atoms with Gasteiger partial charge in [-0.3, -0.25) is 4.79 Å². The van der Waals surface area contributed by atoms with Crippen molar-refractivity contribution >= 4 is 45.9 Å². The minimum Gasteiger partial charge on any atom is -0.460 e. The van der Waals surface area contributed by atoms with Gasteiger partial charge in [0.25, 0.3) is 5.78 Å². The molecule has 16 heavy (non-hydrogen) atoms. The highest BCUT2D eigenvalue weighted by Crippen LogP contribution is 2.25. The molecular weight excluding hydrogens is 349 g/mol. The normalized spacial score (nSPS) is 10.0. The van der Waals surface area contributed by atoms with Crippen LogP contribution in [0.1, 0.15) is 17.3 Å². The topological polar surface area (TPSA) is 43.4 Å². The Labute approximate surface area is 110 Å². The lowest BCUT2D eigenvalue weighted by molar-refractivity contribution is -0.137. The van der Waals surface area contributed by atoms with Gasteiger partial charge in [0, 0.05) is 3.57 Å². The maximum absolute atomic E-state index is 13.4. The number of ether oxygens (including phenoxy) is 1. The number of carbonyl (C=O) groups is 2. The third kappa shape index (κ3) is 2.70. The Hall–Kier alpha value is -0.690. The number of Topliss-reactive ketones (excluding diaryl/α,β-unsaturated/α-hetero) is 1. The van der Waals surface area contributed by atoms with Crippen molar-refractivity contribution in [3.8, 4) is 0 Å². The zero-order valence-corrected chi connectivity index (χ0v) is 11.1. The lowest BCUT2D eigenvalue weighted by Gasteiger charge is -2.05. The first-order chi connectivity index (χ1) is 7.49. The van der Waals surface area contributed by atoms with Gasteiger partial charge in [-0.05, 0) is 41.6 Å². The summed E-state index contributed by atoms with van der Waals surface area (Å²) in [7, 11) is 0. The summed E-state index contributed by atoms with van der Waals surface area (Å²) in [6.07, 6.45) is 0. The van der Waals surface area contributed by atoms with Gasteiger partial charge in [-0.15, -0.1) is 0 Å². The summed E-state index contributed by atoms with van der Waals surface area (Å²) in [5.74, 6) is -3.00. The number of esters is 1. The van der Waals surface area contributed by atoms with E-state index >= 15 is 0 Å². The van der Waals surface area contributed by atoms with Crippen LogP contribution in [-0.4, -0.2) is 18.4 Å². The average molecular weight is 357 g/mol. The minimum atomic E-state index is -1.11. The van der Waals surface area contributed by atoms with E-state index in [1.807, 2.05) is 22.6 Å². The van der Waals surface area contributed by atoms with Gasteiger partial charge < -0.3 is 4.74 Å². The van der Waals surface area contributed by atoms with Crippen molar-refractivity contribution in [2.75, 3.05) is 6.61 Å². The van der Waals surface area contributed by atoms with Crippen molar-refractivity contribution in [3.05, 3.63) is 32.1 Å². The summed E-state index contributed by atoms with van der Waals surface area (Å²) >= 11 is 7.60. The molecule has 1 aromatic carbocycles. The van der Waals surface area contributed by atoms with Crippen LogP contribution in [0.3, 0.4) is 0 Å². The zero-order chi connectivity index (χ0) is 12.3. The standard InChI is InChI=1S/C10H7ClFIO3/c1-2-16-10(15)9(14)7-5(12)3-4-6(13)8(7)11/h3-4H,2H2,1H3. The summed E-state index contributed by atoms with van der Waals surface area (Å²) in [5.41, 5.74) is -0.438. The Morgan fingerprint density at radius 2 is 2.12 bits per heavy atom. The molecule has 0 heterocycles. The van der Waals surface area contributed by atoms with E-state index in [1.165, 1.54) is 6.07 Å². The van der Waals surface area contributed by atoms with Crippen molar-refractivity contribution in [2.24, 2.45) is 0 Å². The molecule has 0 spiro atoms. The molecule has 0 aromatic heterocycles. The fourth-order valence-corrected chi connectivity index (χ4v) is 1.72. The van der Waals surface area contributed by atoms with E-state index in [0.29, 0.717) is 3.57 Å². The van der Waals surface area contributed by atoms with Gasteiger partial charge >= 0.3 is 5.97 Å². The molecule has 3 nitrogen and oxygen atoms in total. The van der Waals surface area contributed by atoms with Gasteiger partial charge in [-0.25, -0.2) is 9.18 Å². The first-order valence-corrected chi connectivity index (χ1v) is 5.79. The summed E-state index contributed by atoms with van der Waals surface area (Å²) in [6.45, 7) is 1.60. The maximum atomic E-state index is 13.4. The molecule has 0 fully saturated rings. The molecule has 0 saturated heterocycles. The number of carbonyl (C=O) groups excluding carboxylic acids is 2. The van der Waals surface area contributed by atoms with Gasteiger partial charge in [0.2, 0.25) is 0 Å². The molecule has 6 heteroatoms. The van der Waals surface area contributed by atoms with Crippen molar-refractivity contribution in [1.29, 1.82) is 0 Å². The van der Waals surface area contributed by atoms with E-state index in [0.717, 1.165) is 6.07 Å². The number of rotatable bonds is 3. The highest BCUT2D eigenvalue weighted by atomic mass is 127. The summed E-state index contributed by atoms with van der Waals surface area (Å²) in [5, 5.41) is -0.0707. The molecule has 0 aliphatic heterocycles. The Kier molecular flexibility index (Phi) is 4.67. The number of benzene rings is 1. The lowest BCUT2D eigenvalue weighted by atomic mass is 10.1. The van der Waals surface area contributed by atoms with Crippen LogP contribution in [0.5, 0.6) is 0 Å². The number of hydrogen-bond donors (Lipinski definition) is 0. The fraction of sp³-hybridized carbons (Fsp3) is 0.200.